The highest BCUT2D eigenvalue weighted by Crippen LogP contribution is 2.40. The van der Waals surface area contributed by atoms with Crippen LogP contribution in [0.25, 0.3) is 10.9 Å². The van der Waals surface area contributed by atoms with Crippen molar-refractivity contribution < 1.29 is 14.3 Å². The summed E-state index contributed by atoms with van der Waals surface area (Å²) >= 11 is 0. The number of pyridine rings is 1. The van der Waals surface area contributed by atoms with E-state index < -0.39 is 0 Å². The molecule has 1 aliphatic rings. The Kier molecular flexibility index (Phi) is 9.16. The summed E-state index contributed by atoms with van der Waals surface area (Å²) in [5, 5.41) is 1.13. The lowest BCUT2D eigenvalue weighted by Crippen LogP contribution is -2.30. The van der Waals surface area contributed by atoms with Gasteiger partial charge in [0, 0.05) is 10.8 Å². The van der Waals surface area contributed by atoms with Crippen molar-refractivity contribution in [3.63, 3.8) is 0 Å². The van der Waals surface area contributed by atoms with Crippen LogP contribution < -0.4 is 4.74 Å². The molecular weight excluding hydrogens is 434 g/mol. The van der Waals surface area contributed by atoms with Gasteiger partial charge >= 0.3 is 5.97 Å². The Morgan fingerprint density at radius 3 is 2.09 bits per heavy atom. The Morgan fingerprint density at radius 2 is 1.43 bits per heavy atom. The second kappa shape index (κ2) is 12.7. The highest BCUT2D eigenvalue weighted by molar-refractivity contribution is 5.78. The molecule has 0 N–H and O–H groups in total. The number of fused-ring (bicyclic) bond motifs is 1. The molecule has 4 heteroatoms. The van der Waals surface area contributed by atoms with Crippen molar-refractivity contribution in [2.75, 3.05) is 7.11 Å². The number of ether oxygens (including phenoxy) is 2. The third-order valence-corrected chi connectivity index (χ3v) is 7.53. The summed E-state index contributed by atoms with van der Waals surface area (Å²) in [5.74, 6) is 0.713. The van der Waals surface area contributed by atoms with Crippen LogP contribution in [0.2, 0.25) is 0 Å². The van der Waals surface area contributed by atoms with E-state index in [2.05, 4.69) is 24.3 Å². The molecule has 0 aliphatic heterocycles. The number of benzene rings is 2. The van der Waals surface area contributed by atoms with Crippen molar-refractivity contribution >= 4 is 16.9 Å². The number of carbonyl (C=O) groups excluding carboxylic acids is 1. The molecule has 0 bridgehead atoms. The standard InChI is InChI=1S/C31H39NO3/c1-34-30(33)23-31(21-11-7-5-3-2-4-6-8-12-22-31)26-16-19-28(20-17-26)35-24-27-18-15-25-13-9-10-14-29(25)32-27/h9-10,13-20H,2-8,11-12,21-24H2,1H3. The Bertz CT molecular complexity index is 1060. The van der Waals surface area contributed by atoms with Gasteiger partial charge in [-0.3, -0.25) is 4.79 Å². The fourth-order valence-corrected chi connectivity index (χ4v) is 5.46. The Morgan fingerprint density at radius 1 is 0.800 bits per heavy atom. The van der Waals surface area contributed by atoms with Crippen molar-refractivity contribution in [1.82, 2.24) is 4.98 Å². The smallest absolute Gasteiger partial charge is 0.306 e. The lowest BCUT2D eigenvalue weighted by molar-refractivity contribution is -0.142. The minimum absolute atomic E-state index is 0.111. The van der Waals surface area contributed by atoms with E-state index in [1.54, 1.807) is 0 Å². The molecule has 0 saturated heterocycles. The summed E-state index contributed by atoms with van der Waals surface area (Å²) in [6.45, 7) is 0.428. The monoisotopic (exact) mass is 473 g/mol. The maximum Gasteiger partial charge on any atom is 0.306 e. The van der Waals surface area contributed by atoms with Crippen LogP contribution in [0.15, 0.2) is 60.7 Å². The summed E-state index contributed by atoms with van der Waals surface area (Å²) in [6, 6.07) is 20.7. The van der Waals surface area contributed by atoms with Crippen molar-refractivity contribution in [2.45, 2.75) is 89.1 Å². The molecule has 186 valence electrons. The minimum Gasteiger partial charge on any atom is -0.487 e. The summed E-state index contributed by atoms with van der Waals surface area (Å²) in [6.07, 6.45) is 13.9. The maximum absolute atomic E-state index is 12.5. The van der Waals surface area contributed by atoms with Crippen molar-refractivity contribution in [3.8, 4) is 5.75 Å². The maximum atomic E-state index is 12.5. The zero-order chi connectivity index (χ0) is 24.3. The molecule has 0 radical (unpaired) electrons. The summed E-state index contributed by atoms with van der Waals surface area (Å²) in [7, 11) is 1.50. The number of methoxy groups -OCH3 is 1. The number of aromatic nitrogens is 1. The molecule has 1 aliphatic carbocycles. The van der Waals surface area contributed by atoms with Gasteiger partial charge in [-0.25, -0.2) is 4.98 Å². The number of para-hydroxylation sites is 1. The van der Waals surface area contributed by atoms with E-state index in [4.69, 9.17) is 14.5 Å². The van der Waals surface area contributed by atoms with Gasteiger partial charge < -0.3 is 9.47 Å². The first-order valence-corrected chi connectivity index (χ1v) is 13.3. The van der Waals surface area contributed by atoms with Crippen LogP contribution in [0.1, 0.15) is 88.3 Å². The molecule has 35 heavy (non-hydrogen) atoms. The molecule has 0 amide bonds. The average Bonchev–Trinajstić information content (AvgIpc) is 2.89. The van der Waals surface area contributed by atoms with E-state index in [0.717, 1.165) is 48.0 Å². The van der Waals surface area contributed by atoms with Crippen LogP contribution >= 0.6 is 0 Å². The molecular formula is C31H39NO3. The first kappa shape index (κ1) is 25.2. The van der Waals surface area contributed by atoms with Crippen LogP contribution in [-0.4, -0.2) is 18.1 Å². The fraction of sp³-hybridized carbons (Fsp3) is 0.484. The number of nitrogens with zero attached hydrogens (tertiary/aromatic N) is 1. The molecule has 0 spiro atoms. The molecule has 1 aromatic heterocycles. The van der Waals surface area contributed by atoms with E-state index in [1.807, 2.05) is 36.4 Å². The third kappa shape index (κ3) is 7.06. The molecule has 1 heterocycles. The second-order valence-electron chi connectivity index (χ2n) is 10.0. The van der Waals surface area contributed by atoms with Crippen LogP contribution in [-0.2, 0) is 21.6 Å². The summed E-state index contributed by atoms with van der Waals surface area (Å²) in [5.41, 5.74) is 2.96. The Hall–Kier alpha value is -2.88. The van der Waals surface area contributed by atoms with E-state index in [9.17, 15) is 4.79 Å². The van der Waals surface area contributed by atoms with E-state index >= 15 is 0 Å². The molecule has 0 unspecified atom stereocenters. The van der Waals surface area contributed by atoms with Gasteiger partial charge in [0.25, 0.3) is 0 Å². The molecule has 1 saturated carbocycles. The fourth-order valence-electron chi connectivity index (χ4n) is 5.46. The van der Waals surface area contributed by atoms with Gasteiger partial charge in [-0.1, -0.05) is 94.2 Å². The first-order valence-electron chi connectivity index (χ1n) is 13.3. The highest BCUT2D eigenvalue weighted by atomic mass is 16.5. The van der Waals surface area contributed by atoms with Crippen LogP contribution in [0.3, 0.4) is 0 Å². The van der Waals surface area contributed by atoms with Crippen molar-refractivity contribution in [1.29, 1.82) is 0 Å². The zero-order valence-corrected chi connectivity index (χ0v) is 21.1. The topological polar surface area (TPSA) is 48.4 Å². The summed E-state index contributed by atoms with van der Waals surface area (Å²) in [4.78, 5) is 17.2. The number of esters is 1. The molecule has 4 rings (SSSR count). The largest absolute Gasteiger partial charge is 0.487 e. The molecule has 2 aromatic carbocycles. The quantitative estimate of drug-likeness (QED) is 0.341. The zero-order valence-electron chi connectivity index (χ0n) is 21.1. The molecule has 0 atom stereocenters. The first-order chi connectivity index (χ1) is 17.2. The van der Waals surface area contributed by atoms with Crippen LogP contribution in [0, 0.1) is 0 Å². The second-order valence-corrected chi connectivity index (χ2v) is 10.0. The summed E-state index contributed by atoms with van der Waals surface area (Å²) < 4.78 is 11.2. The van der Waals surface area contributed by atoms with Gasteiger partial charge in [-0.2, -0.15) is 0 Å². The number of hydrogen-bond donors (Lipinski definition) is 0. The molecule has 4 nitrogen and oxygen atoms in total. The third-order valence-electron chi connectivity index (χ3n) is 7.53. The van der Waals surface area contributed by atoms with Gasteiger partial charge in [0.15, 0.2) is 0 Å². The van der Waals surface area contributed by atoms with Gasteiger partial charge in [0.05, 0.1) is 24.7 Å². The predicted octanol–water partition coefficient (Wildman–Crippen LogP) is 7.92. The van der Waals surface area contributed by atoms with Gasteiger partial charge in [0.2, 0.25) is 0 Å². The minimum atomic E-state index is -0.162. The van der Waals surface area contributed by atoms with E-state index in [-0.39, 0.29) is 11.4 Å². The number of hydrogen-bond acceptors (Lipinski definition) is 4. The average molecular weight is 474 g/mol. The normalized spacial score (nSPS) is 17.2. The van der Waals surface area contributed by atoms with Crippen molar-refractivity contribution in [2.24, 2.45) is 0 Å². The lowest BCUT2D eigenvalue weighted by atomic mass is 9.70. The molecule has 3 aromatic rings. The van der Waals surface area contributed by atoms with Crippen molar-refractivity contribution in [3.05, 3.63) is 71.9 Å². The SMILES string of the molecule is COC(=O)CC1(c2ccc(OCc3ccc4ccccc4n3)cc2)CCCCCCCCCCC1. The van der Waals surface area contributed by atoms with E-state index in [0.29, 0.717) is 13.0 Å². The number of rotatable bonds is 6. The van der Waals surface area contributed by atoms with Gasteiger partial charge in [-0.15, -0.1) is 0 Å². The number of carbonyl (C=O) groups is 1. The van der Waals surface area contributed by atoms with Gasteiger partial charge in [-0.05, 0) is 42.7 Å². The Labute approximate surface area is 210 Å². The van der Waals surface area contributed by atoms with Crippen LogP contribution in [0.4, 0.5) is 0 Å². The lowest BCUT2D eigenvalue weighted by Gasteiger charge is -2.34. The van der Waals surface area contributed by atoms with Gasteiger partial charge in [0.1, 0.15) is 12.4 Å². The Balaban J connectivity index is 1.48. The predicted molar refractivity (Wildman–Crippen MR) is 142 cm³/mol. The van der Waals surface area contributed by atoms with E-state index in [1.165, 1.54) is 57.6 Å². The highest BCUT2D eigenvalue weighted by Gasteiger charge is 2.34. The molecule has 1 fully saturated rings. The van der Waals surface area contributed by atoms with Crippen LogP contribution in [0.5, 0.6) is 5.75 Å².